The van der Waals surface area contributed by atoms with E-state index in [1.807, 2.05) is 13.8 Å². The summed E-state index contributed by atoms with van der Waals surface area (Å²) in [5.74, 6) is 0.680. The zero-order valence-electron chi connectivity index (χ0n) is 11.4. The Kier molecular flexibility index (Phi) is 5.54. The normalized spacial score (nSPS) is 10.8. The number of rotatable bonds is 5. The molecule has 0 saturated heterocycles. The highest BCUT2D eigenvalue weighted by Crippen LogP contribution is 2.17. The van der Waals surface area contributed by atoms with Crippen LogP contribution in [0.5, 0.6) is 0 Å². The van der Waals surface area contributed by atoms with Crippen LogP contribution in [0, 0.1) is 0 Å². The summed E-state index contributed by atoms with van der Waals surface area (Å²) in [4.78, 5) is 22.2. The number of hydrogen-bond donors (Lipinski definition) is 0. The van der Waals surface area contributed by atoms with Crippen LogP contribution in [-0.2, 0) is 0 Å². The number of halogens is 1. The molecule has 0 fully saturated rings. The second-order valence-corrected chi connectivity index (χ2v) is 5.07. The van der Waals surface area contributed by atoms with E-state index < -0.39 is 0 Å². The Labute approximate surface area is 113 Å². The van der Waals surface area contributed by atoms with Crippen LogP contribution in [0.2, 0.25) is 5.02 Å². The predicted octanol–water partition coefficient (Wildman–Crippen LogP) is 3.13. The predicted molar refractivity (Wildman–Crippen MR) is 73.0 cm³/mol. The molecule has 5 heteroatoms. The molecule has 0 aliphatic rings. The molecular formula is C13H20ClN3O. The van der Waals surface area contributed by atoms with Gasteiger partial charge in [0.2, 0.25) is 0 Å². The number of hydrogen-bond acceptors (Lipinski definition) is 3. The van der Waals surface area contributed by atoms with E-state index in [1.54, 1.807) is 11.9 Å². The van der Waals surface area contributed by atoms with Crippen LogP contribution in [0.25, 0.3) is 0 Å². The lowest BCUT2D eigenvalue weighted by Crippen LogP contribution is -2.29. The van der Waals surface area contributed by atoms with Gasteiger partial charge < -0.3 is 4.90 Å². The Morgan fingerprint density at radius 1 is 1.50 bits per heavy atom. The summed E-state index contributed by atoms with van der Waals surface area (Å²) in [7, 11) is 1.77. The van der Waals surface area contributed by atoms with Crippen molar-refractivity contribution in [2.24, 2.45) is 0 Å². The van der Waals surface area contributed by atoms with Gasteiger partial charge >= 0.3 is 0 Å². The van der Waals surface area contributed by atoms with Crippen molar-refractivity contribution in [1.29, 1.82) is 0 Å². The zero-order chi connectivity index (χ0) is 13.7. The lowest BCUT2D eigenvalue weighted by atomic mass is 10.2. The summed E-state index contributed by atoms with van der Waals surface area (Å²) in [5, 5.41) is 0.313. The summed E-state index contributed by atoms with van der Waals surface area (Å²) in [6.45, 7) is 6.77. The van der Waals surface area contributed by atoms with E-state index in [0.29, 0.717) is 23.1 Å². The van der Waals surface area contributed by atoms with Gasteiger partial charge in [-0.1, -0.05) is 38.8 Å². The summed E-state index contributed by atoms with van der Waals surface area (Å²) < 4.78 is 0. The van der Waals surface area contributed by atoms with Crippen LogP contribution < -0.4 is 0 Å². The maximum Gasteiger partial charge on any atom is 0.273 e. The van der Waals surface area contributed by atoms with Gasteiger partial charge in [-0.25, -0.2) is 9.97 Å². The van der Waals surface area contributed by atoms with Crippen molar-refractivity contribution in [3.63, 3.8) is 0 Å². The third-order valence-corrected chi connectivity index (χ3v) is 2.95. The molecule has 1 rings (SSSR count). The van der Waals surface area contributed by atoms with Gasteiger partial charge in [0, 0.05) is 19.5 Å². The van der Waals surface area contributed by atoms with Crippen molar-refractivity contribution in [2.45, 2.75) is 39.5 Å². The molecule has 0 atom stereocenters. The molecule has 0 radical (unpaired) electrons. The molecule has 1 heterocycles. The smallest absolute Gasteiger partial charge is 0.273 e. The number of nitrogens with zero attached hydrogens (tertiary/aromatic N) is 3. The first-order valence-electron chi connectivity index (χ1n) is 6.25. The summed E-state index contributed by atoms with van der Waals surface area (Å²) in [6, 6.07) is 0. The molecule has 0 bridgehead atoms. The Balaban J connectivity index is 2.93. The van der Waals surface area contributed by atoms with Crippen molar-refractivity contribution >= 4 is 17.5 Å². The number of carbonyl (C=O) groups excluding carboxylic acids is 1. The lowest BCUT2D eigenvalue weighted by Gasteiger charge is -2.17. The molecule has 1 amide bonds. The molecular weight excluding hydrogens is 250 g/mol. The second kappa shape index (κ2) is 6.69. The van der Waals surface area contributed by atoms with Gasteiger partial charge in [0.25, 0.3) is 5.91 Å². The average molecular weight is 270 g/mol. The van der Waals surface area contributed by atoms with Gasteiger partial charge in [-0.05, 0) is 6.42 Å². The molecule has 0 aromatic carbocycles. The highest BCUT2D eigenvalue weighted by atomic mass is 35.5. The number of unbranched alkanes of at least 4 members (excludes halogenated alkanes) is 1. The summed E-state index contributed by atoms with van der Waals surface area (Å²) in [5.41, 5.74) is 0.300. The molecule has 1 aromatic heterocycles. The fourth-order valence-corrected chi connectivity index (χ4v) is 1.66. The number of amides is 1. The summed E-state index contributed by atoms with van der Waals surface area (Å²) in [6.07, 6.45) is 3.53. The molecule has 0 spiro atoms. The van der Waals surface area contributed by atoms with E-state index in [1.165, 1.54) is 6.20 Å². The Bertz CT molecular complexity index is 421. The zero-order valence-corrected chi connectivity index (χ0v) is 12.2. The van der Waals surface area contributed by atoms with E-state index in [2.05, 4.69) is 16.9 Å². The minimum Gasteiger partial charge on any atom is -0.340 e. The lowest BCUT2D eigenvalue weighted by molar-refractivity contribution is 0.0787. The van der Waals surface area contributed by atoms with Gasteiger partial charge in [-0.2, -0.15) is 0 Å². The average Bonchev–Trinajstić information content (AvgIpc) is 2.35. The molecule has 0 aliphatic heterocycles. The second-order valence-electron chi connectivity index (χ2n) is 4.66. The highest BCUT2D eigenvalue weighted by Gasteiger charge is 2.18. The van der Waals surface area contributed by atoms with Gasteiger partial charge in [0.1, 0.15) is 5.82 Å². The van der Waals surface area contributed by atoms with Crippen LogP contribution in [0.15, 0.2) is 6.20 Å². The van der Waals surface area contributed by atoms with E-state index in [0.717, 1.165) is 12.8 Å². The minimum absolute atomic E-state index is 0.141. The van der Waals surface area contributed by atoms with E-state index >= 15 is 0 Å². The van der Waals surface area contributed by atoms with Crippen molar-refractivity contribution in [1.82, 2.24) is 14.9 Å². The van der Waals surface area contributed by atoms with Gasteiger partial charge in [0.15, 0.2) is 5.69 Å². The third kappa shape index (κ3) is 3.67. The molecule has 0 N–H and O–H groups in total. The molecule has 1 aromatic rings. The van der Waals surface area contributed by atoms with E-state index in [4.69, 9.17) is 11.6 Å². The van der Waals surface area contributed by atoms with Crippen LogP contribution in [0.1, 0.15) is 55.8 Å². The molecule has 18 heavy (non-hydrogen) atoms. The Hall–Kier alpha value is -1.16. The first kappa shape index (κ1) is 14.9. The SMILES string of the molecule is CCCCN(C)C(=O)c1nc(C(C)C)ncc1Cl. The molecule has 0 unspecified atom stereocenters. The van der Waals surface area contributed by atoms with Crippen molar-refractivity contribution < 1.29 is 4.79 Å². The molecule has 100 valence electrons. The Morgan fingerprint density at radius 2 is 2.17 bits per heavy atom. The highest BCUT2D eigenvalue weighted by molar-refractivity contribution is 6.33. The van der Waals surface area contributed by atoms with Crippen molar-refractivity contribution in [3.8, 4) is 0 Å². The van der Waals surface area contributed by atoms with Crippen LogP contribution in [0.3, 0.4) is 0 Å². The van der Waals surface area contributed by atoms with Crippen LogP contribution >= 0.6 is 11.6 Å². The van der Waals surface area contributed by atoms with E-state index in [9.17, 15) is 4.79 Å². The molecule has 0 aliphatic carbocycles. The fourth-order valence-electron chi connectivity index (χ4n) is 1.49. The van der Waals surface area contributed by atoms with Gasteiger partial charge in [-0.3, -0.25) is 4.79 Å². The third-order valence-electron chi connectivity index (χ3n) is 2.68. The van der Waals surface area contributed by atoms with Crippen LogP contribution in [0.4, 0.5) is 0 Å². The first-order chi connectivity index (χ1) is 8.47. The monoisotopic (exact) mass is 269 g/mol. The number of carbonyl (C=O) groups is 1. The maximum absolute atomic E-state index is 12.2. The van der Waals surface area contributed by atoms with Crippen molar-refractivity contribution in [3.05, 3.63) is 22.7 Å². The summed E-state index contributed by atoms with van der Waals surface area (Å²) >= 11 is 6.00. The Morgan fingerprint density at radius 3 is 2.72 bits per heavy atom. The largest absolute Gasteiger partial charge is 0.340 e. The van der Waals surface area contributed by atoms with Crippen molar-refractivity contribution in [2.75, 3.05) is 13.6 Å². The molecule has 4 nitrogen and oxygen atoms in total. The molecule has 0 saturated carbocycles. The van der Waals surface area contributed by atoms with Crippen LogP contribution in [-0.4, -0.2) is 34.4 Å². The quantitative estimate of drug-likeness (QED) is 0.825. The van der Waals surface area contributed by atoms with Gasteiger partial charge in [-0.15, -0.1) is 0 Å². The topological polar surface area (TPSA) is 46.1 Å². The van der Waals surface area contributed by atoms with Gasteiger partial charge in [0.05, 0.1) is 11.2 Å². The van der Waals surface area contributed by atoms with E-state index in [-0.39, 0.29) is 11.8 Å². The standard InChI is InChI=1S/C13H20ClN3O/c1-5-6-7-17(4)13(18)11-10(14)8-15-12(16-11)9(2)3/h8-9H,5-7H2,1-4H3. The maximum atomic E-state index is 12.2. The fraction of sp³-hybridized carbons (Fsp3) is 0.615. The minimum atomic E-state index is -0.141. The number of aromatic nitrogens is 2. The first-order valence-corrected chi connectivity index (χ1v) is 6.63.